The summed E-state index contributed by atoms with van der Waals surface area (Å²) in [6.07, 6.45) is 2.92. The SMILES string of the molecule is CC(C)C(=O)C(=CN)c1ccc(OCc2ccccc2)cn1. The second-order valence-electron chi connectivity index (χ2n) is 5.25. The lowest BCUT2D eigenvalue weighted by Crippen LogP contribution is -2.12. The predicted molar refractivity (Wildman–Crippen MR) is 87.0 cm³/mol. The number of Topliss-reactive ketones (excluding diaryl/α,β-unsaturated/α-hetero) is 1. The van der Waals surface area contributed by atoms with E-state index in [0.717, 1.165) is 5.56 Å². The summed E-state index contributed by atoms with van der Waals surface area (Å²) in [4.78, 5) is 16.3. The Morgan fingerprint density at radius 3 is 2.50 bits per heavy atom. The molecule has 0 amide bonds. The maximum Gasteiger partial charge on any atom is 0.169 e. The number of ether oxygens (including phenoxy) is 1. The lowest BCUT2D eigenvalue weighted by Gasteiger charge is -2.10. The lowest BCUT2D eigenvalue weighted by atomic mass is 9.99. The maximum absolute atomic E-state index is 12.1. The van der Waals surface area contributed by atoms with Crippen molar-refractivity contribution >= 4 is 11.4 Å². The van der Waals surface area contributed by atoms with Crippen molar-refractivity contribution in [3.8, 4) is 5.75 Å². The minimum absolute atomic E-state index is 0.0204. The molecule has 0 bridgehead atoms. The van der Waals surface area contributed by atoms with Crippen LogP contribution in [-0.2, 0) is 11.4 Å². The van der Waals surface area contributed by atoms with Crippen molar-refractivity contribution in [3.63, 3.8) is 0 Å². The highest BCUT2D eigenvalue weighted by Gasteiger charge is 2.16. The van der Waals surface area contributed by atoms with Gasteiger partial charge in [-0.3, -0.25) is 9.78 Å². The molecule has 4 heteroatoms. The van der Waals surface area contributed by atoms with Crippen LogP contribution in [0.2, 0.25) is 0 Å². The second-order valence-corrected chi connectivity index (χ2v) is 5.25. The van der Waals surface area contributed by atoms with Crippen LogP contribution in [0.4, 0.5) is 0 Å². The molecule has 0 saturated heterocycles. The van der Waals surface area contributed by atoms with Crippen LogP contribution in [0.25, 0.3) is 5.57 Å². The molecule has 0 atom stereocenters. The summed E-state index contributed by atoms with van der Waals surface area (Å²) in [5.74, 6) is 0.513. The Labute approximate surface area is 130 Å². The number of benzene rings is 1. The molecular formula is C18H20N2O2. The summed E-state index contributed by atoms with van der Waals surface area (Å²) in [6, 6.07) is 13.4. The number of allylic oxidation sites excluding steroid dienone is 1. The minimum atomic E-state index is -0.120. The highest BCUT2D eigenvalue weighted by Crippen LogP contribution is 2.19. The number of rotatable bonds is 6. The third-order valence-electron chi connectivity index (χ3n) is 3.22. The van der Waals surface area contributed by atoms with Crippen molar-refractivity contribution in [3.05, 3.63) is 66.1 Å². The number of pyridine rings is 1. The van der Waals surface area contributed by atoms with E-state index in [1.165, 1.54) is 6.20 Å². The Bertz CT molecular complexity index is 647. The van der Waals surface area contributed by atoms with Gasteiger partial charge in [0.1, 0.15) is 12.4 Å². The molecule has 2 N–H and O–H groups in total. The van der Waals surface area contributed by atoms with Crippen LogP contribution in [0.1, 0.15) is 25.1 Å². The highest BCUT2D eigenvalue weighted by atomic mass is 16.5. The Kier molecular flexibility index (Phi) is 5.31. The summed E-state index contributed by atoms with van der Waals surface area (Å²) in [6.45, 7) is 4.15. The fraction of sp³-hybridized carbons (Fsp3) is 0.222. The molecule has 0 saturated carbocycles. The van der Waals surface area contributed by atoms with E-state index < -0.39 is 0 Å². The minimum Gasteiger partial charge on any atom is -0.487 e. The van der Waals surface area contributed by atoms with Crippen LogP contribution in [0.5, 0.6) is 5.75 Å². The quantitative estimate of drug-likeness (QED) is 0.831. The van der Waals surface area contributed by atoms with Gasteiger partial charge in [-0.15, -0.1) is 0 Å². The van der Waals surface area contributed by atoms with E-state index in [2.05, 4.69) is 4.98 Å². The molecule has 0 aliphatic heterocycles. The molecule has 0 aliphatic carbocycles. The highest BCUT2D eigenvalue weighted by molar-refractivity contribution is 6.20. The van der Waals surface area contributed by atoms with Crippen LogP contribution in [0.15, 0.2) is 54.9 Å². The third kappa shape index (κ3) is 3.95. The zero-order valence-corrected chi connectivity index (χ0v) is 12.8. The molecule has 1 aromatic heterocycles. The van der Waals surface area contributed by atoms with E-state index in [-0.39, 0.29) is 11.7 Å². The monoisotopic (exact) mass is 296 g/mol. The summed E-state index contributed by atoms with van der Waals surface area (Å²) >= 11 is 0. The van der Waals surface area contributed by atoms with Gasteiger partial charge in [0.2, 0.25) is 0 Å². The fourth-order valence-electron chi connectivity index (χ4n) is 1.97. The van der Waals surface area contributed by atoms with Gasteiger partial charge in [0.25, 0.3) is 0 Å². The molecule has 2 rings (SSSR count). The fourth-order valence-corrected chi connectivity index (χ4v) is 1.97. The first-order valence-corrected chi connectivity index (χ1v) is 7.21. The first-order chi connectivity index (χ1) is 10.6. The number of nitrogens with zero attached hydrogens (tertiary/aromatic N) is 1. The average Bonchev–Trinajstić information content (AvgIpc) is 2.55. The first-order valence-electron chi connectivity index (χ1n) is 7.21. The van der Waals surface area contributed by atoms with Crippen molar-refractivity contribution in [2.24, 2.45) is 11.7 Å². The van der Waals surface area contributed by atoms with Gasteiger partial charge in [-0.2, -0.15) is 0 Å². The summed E-state index contributed by atoms with van der Waals surface area (Å²) in [5, 5.41) is 0. The van der Waals surface area contributed by atoms with Gasteiger partial charge in [0.15, 0.2) is 5.78 Å². The van der Waals surface area contributed by atoms with Crippen molar-refractivity contribution in [1.29, 1.82) is 0 Å². The third-order valence-corrected chi connectivity index (χ3v) is 3.22. The van der Waals surface area contributed by atoms with Gasteiger partial charge in [-0.05, 0) is 17.7 Å². The molecule has 4 nitrogen and oxygen atoms in total. The second kappa shape index (κ2) is 7.41. The van der Waals surface area contributed by atoms with E-state index in [4.69, 9.17) is 10.5 Å². The number of carbonyl (C=O) groups excluding carboxylic acids is 1. The number of carbonyl (C=O) groups is 1. The largest absolute Gasteiger partial charge is 0.487 e. The van der Waals surface area contributed by atoms with Crippen LogP contribution < -0.4 is 10.5 Å². The van der Waals surface area contributed by atoms with Crippen LogP contribution in [0.3, 0.4) is 0 Å². The molecule has 0 fully saturated rings. The number of hydrogen-bond donors (Lipinski definition) is 1. The number of hydrogen-bond acceptors (Lipinski definition) is 4. The Morgan fingerprint density at radius 2 is 1.95 bits per heavy atom. The zero-order chi connectivity index (χ0) is 15.9. The average molecular weight is 296 g/mol. The number of nitrogens with two attached hydrogens (primary N) is 1. The maximum atomic E-state index is 12.1. The smallest absolute Gasteiger partial charge is 0.169 e. The van der Waals surface area contributed by atoms with Gasteiger partial charge < -0.3 is 10.5 Å². The van der Waals surface area contributed by atoms with Crippen LogP contribution >= 0.6 is 0 Å². The first kappa shape index (κ1) is 15.8. The van der Waals surface area contributed by atoms with Crippen molar-refractivity contribution in [2.75, 3.05) is 0 Å². The topological polar surface area (TPSA) is 65.2 Å². The van der Waals surface area contributed by atoms with Gasteiger partial charge in [0.05, 0.1) is 17.5 Å². The Morgan fingerprint density at radius 1 is 1.23 bits per heavy atom. The molecule has 22 heavy (non-hydrogen) atoms. The molecule has 0 unspecified atom stereocenters. The standard InChI is InChI=1S/C18H20N2O2/c1-13(2)18(21)16(10-19)17-9-8-15(11-20-17)22-12-14-6-4-3-5-7-14/h3-11,13H,12,19H2,1-2H3. The van der Waals surface area contributed by atoms with E-state index in [1.54, 1.807) is 18.3 Å². The zero-order valence-electron chi connectivity index (χ0n) is 12.8. The summed E-state index contributed by atoms with van der Waals surface area (Å²) in [7, 11) is 0. The summed E-state index contributed by atoms with van der Waals surface area (Å²) in [5.41, 5.74) is 7.65. The predicted octanol–water partition coefficient (Wildman–Crippen LogP) is 3.19. The lowest BCUT2D eigenvalue weighted by molar-refractivity contribution is -0.116. The molecule has 1 aromatic carbocycles. The van der Waals surface area contributed by atoms with Gasteiger partial charge in [-0.1, -0.05) is 44.2 Å². The van der Waals surface area contributed by atoms with Crippen LogP contribution in [0, 0.1) is 5.92 Å². The Hall–Kier alpha value is -2.62. The molecular weight excluding hydrogens is 276 g/mol. The normalized spacial score (nSPS) is 11.5. The molecule has 0 aliphatic rings. The number of ketones is 1. The van der Waals surface area contributed by atoms with E-state index in [1.807, 2.05) is 44.2 Å². The Balaban J connectivity index is 2.05. The molecule has 0 spiro atoms. The summed E-state index contributed by atoms with van der Waals surface area (Å²) < 4.78 is 5.67. The van der Waals surface area contributed by atoms with E-state index in [9.17, 15) is 4.79 Å². The van der Waals surface area contributed by atoms with Gasteiger partial charge >= 0.3 is 0 Å². The van der Waals surface area contributed by atoms with Crippen molar-refractivity contribution < 1.29 is 9.53 Å². The van der Waals surface area contributed by atoms with Crippen LogP contribution in [-0.4, -0.2) is 10.8 Å². The van der Waals surface area contributed by atoms with Gasteiger partial charge in [0, 0.05) is 12.1 Å². The number of aromatic nitrogens is 1. The molecule has 0 radical (unpaired) electrons. The van der Waals surface area contributed by atoms with Gasteiger partial charge in [-0.25, -0.2) is 0 Å². The molecule has 1 heterocycles. The molecule has 114 valence electrons. The van der Waals surface area contributed by atoms with E-state index >= 15 is 0 Å². The van der Waals surface area contributed by atoms with E-state index in [0.29, 0.717) is 23.6 Å². The van der Waals surface area contributed by atoms with Crippen molar-refractivity contribution in [2.45, 2.75) is 20.5 Å². The van der Waals surface area contributed by atoms with Crippen molar-refractivity contribution in [1.82, 2.24) is 4.98 Å². The molecule has 2 aromatic rings.